The van der Waals surface area contributed by atoms with Crippen molar-refractivity contribution in [3.05, 3.63) is 111 Å². The van der Waals surface area contributed by atoms with Crippen LogP contribution in [0.5, 0.6) is 0 Å². The van der Waals surface area contributed by atoms with E-state index in [4.69, 9.17) is 0 Å². The normalized spacial score (nSPS) is 15.1. The third-order valence-electron chi connectivity index (χ3n) is 5.22. The molecule has 3 aromatic carbocycles. The molecule has 0 bridgehead atoms. The van der Waals surface area contributed by atoms with E-state index in [0.717, 1.165) is 16.7 Å². The minimum atomic E-state index is -1.89. The van der Waals surface area contributed by atoms with Crippen molar-refractivity contribution in [1.82, 2.24) is 0 Å². The minimum absolute atomic E-state index is 0.0204. The van der Waals surface area contributed by atoms with Crippen LogP contribution in [0.1, 0.15) is 16.7 Å². The Morgan fingerprint density at radius 2 is 0.971 bits per heavy atom. The van der Waals surface area contributed by atoms with Crippen LogP contribution >= 0.6 is 0 Å². The van der Waals surface area contributed by atoms with E-state index < -0.39 is 27.8 Å². The average molecular weight is 504 g/mol. The van der Waals surface area contributed by atoms with E-state index in [1.165, 1.54) is 12.2 Å². The Kier molecular flexibility index (Phi) is 7.53. The Morgan fingerprint density at radius 1 is 0.600 bits per heavy atom. The Bertz CT molecular complexity index is 1310. The fourth-order valence-corrected chi connectivity index (χ4v) is 5.24. The number of nitrogens with one attached hydrogen (secondary N) is 2. The molecule has 1 aliphatic carbocycles. The van der Waals surface area contributed by atoms with E-state index in [1.54, 1.807) is 24.3 Å². The Labute approximate surface area is 210 Å². The first-order valence-electron chi connectivity index (χ1n) is 10.9. The fourth-order valence-electron chi connectivity index (χ4n) is 3.24. The predicted molar refractivity (Wildman–Crippen MR) is 145 cm³/mol. The van der Waals surface area contributed by atoms with E-state index in [0.29, 0.717) is 22.8 Å². The van der Waals surface area contributed by atoms with Crippen LogP contribution in [0.15, 0.2) is 99.8 Å². The summed E-state index contributed by atoms with van der Waals surface area (Å²) in [6.45, 7) is 5.89. The number of aryl methyl sites for hydroxylation is 3. The van der Waals surface area contributed by atoms with Crippen LogP contribution in [-0.2, 0) is 26.8 Å². The Balaban J connectivity index is 1.67. The van der Waals surface area contributed by atoms with Crippen molar-refractivity contribution in [1.29, 1.82) is 0 Å². The van der Waals surface area contributed by atoms with Crippen molar-refractivity contribution in [2.24, 2.45) is 4.99 Å². The highest BCUT2D eigenvalue weighted by Gasteiger charge is 2.29. The topological polar surface area (TPSA) is 87.6 Å². The second-order valence-electron chi connectivity index (χ2n) is 8.19. The molecule has 2 atom stereocenters. The highest BCUT2D eigenvalue weighted by Crippen LogP contribution is 2.24. The average Bonchev–Trinajstić information content (AvgIpc) is 2.84. The summed E-state index contributed by atoms with van der Waals surface area (Å²) in [6, 6.07) is 22.2. The van der Waals surface area contributed by atoms with Gasteiger partial charge in [0.15, 0.2) is 22.0 Å². The molecule has 1 aliphatic rings. The SMILES string of the molecule is Cc1ccc(N=C2C=C(S(=O)Nc3ccc(C)cc3)C(=O)C(S(=O)Nc3ccc(C)cc3)=C2)cc1. The lowest BCUT2D eigenvalue weighted by Gasteiger charge is -2.16. The summed E-state index contributed by atoms with van der Waals surface area (Å²) in [7, 11) is -3.77. The number of nitrogens with zero attached hydrogens (tertiary/aromatic N) is 1. The second-order valence-corrected chi connectivity index (χ2v) is 10.6. The molecule has 0 radical (unpaired) electrons. The molecule has 0 aromatic heterocycles. The molecule has 8 heteroatoms. The molecule has 2 unspecified atom stereocenters. The molecule has 0 fully saturated rings. The number of carbonyl (C=O) groups excluding carboxylic acids is 1. The third-order valence-corrected chi connectivity index (χ3v) is 7.47. The lowest BCUT2D eigenvalue weighted by molar-refractivity contribution is -0.111. The molecular formula is C27H25N3O3S2. The van der Waals surface area contributed by atoms with E-state index in [2.05, 4.69) is 14.4 Å². The molecule has 0 heterocycles. The van der Waals surface area contributed by atoms with Gasteiger partial charge in [-0.05, 0) is 69.3 Å². The Hall–Kier alpha value is -3.62. The first-order valence-corrected chi connectivity index (χ1v) is 13.2. The van der Waals surface area contributed by atoms with Gasteiger partial charge in [-0.15, -0.1) is 0 Å². The van der Waals surface area contributed by atoms with Gasteiger partial charge in [-0.2, -0.15) is 0 Å². The number of Topliss-reactive ketones (excluding diaryl/α,β-unsaturated/α-hetero) is 1. The van der Waals surface area contributed by atoms with Gasteiger partial charge in [-0.25, -0.2) is 13.4 Å². The van der Waals surface area contributed by atoms with Gasteiger partial charge in [0.25, 0.3) is 0 Å². The van der Waals surface area contributed by atoms with Gasteiger partial charge in [0, 0.05) is 11.4 Å². The summed E-state index contributed by atoms with van der Waals surface area (Å²) < 4.78 is 32.1. The van der Waals surface area contributed by atoms with Crippen LogP contribution in [0.25, 0.3) is 0 Å². The van der Waals surface area contributed by atoms with Gasteiger partial charge in [0.1, 0.15) is 9.81 Å². The van der Waals surface area contributed by atoms with Gasteiger partial charge in [-0.3, -0.25) is 4.79 Å². The largest absolute Gasteiger partial charge is 0.301 e. The van der Waals surface area contributed by atoms with Crippen LogP contribution in [0.2, 0.25) is 0 Å². The smallest absolute Gasteiger partial charge is 0.214 e. The molecule has 4 rings (SSSR count). The molecule has 0 aliphatic heterocycles. The number of rotatable bonds is 7. The molecule has 6 nitrogen and oxygen atoms in total. The zero-order valence-electron chi connectivity index (χ0n) is 19.6. The number of aliphatic imine (C=N–C) groups is 1. The van der Waals surface area contributed by atoms with Gasteiger partial charge in [-0.1, -0.05) is 53.1 Å². The maximum atomic E-state index is 13.3. The van der Waals surface area contributed by atoms with Crippen LogP contribution in [0, 0.1) is 20.8 Å². The van der Waals surface area contributed by atoms with Crippen molar-refractivity contribution in [3.8, 4) is 0 Å². The van der Waals surface area contributed by atoms with Gasteiger partial charge < -0.3 is 9.44 Å². The summed E-state index contributed by atoms with van der Waals surface area (Å²) in [5.74, 6) is -0.566. The molecule has 0 spiro atoms. The van der Waals surface area contributed by atoms with Crippen LogP contribution in [0.4, 0.5) is 17.1 Å². The zero-order valence-corrected chi connectivity index (χ0v) is 21.2. The molecule has 178 valence electrons. The van der Waals surface area contributed by atoms with Crippen molar-refractivity contribution < 1.29 is 13.2 Å². The molecule has 2 N–H and O–H groups in total. The zero-order chi connectivity index (χ0) is 24.9. The molecule has 0 amide bonds. The number of carbonyl (C=O) groups is 1. The quantitative estimate of drug-likeness (QED) is 0.412. The molecule has 0 saturated carbocycles. The highest BCUT2D eigenvalue weighted by atomic mass is 32.2. The van der Waals surface area contributed by atoms with Crippen LogP contribution in [-0.4, -0.2) is 19.9 Å². The number of ketones is 1. The summed E-state index contributed by atoms with van der Waals surface area (Å²) in [4.78, 5) is 17.8. The van der Waals surface area contributed by atoms with E-state index in [-0.39, 0.29) is 9.81 Å². The summed E-state index contributed by atoms with van der Waals surface area (Å²) in [6.07, 6.45) is 2.96. The number of anilines is 2. The summed E-state index contributed by atoms with van der Waals surface area (Å²) >= 11 is 0. The van der Waals surface area contributed by atoms with E-state index >= 15 is 0 Å². The number of allylic oxidation sites excluding steroid dienone is 4. The number of benzene rings is 3. The predicted octanol–water partition coefficient (Wildman–Crippen LogP) is 5.59. The van der Waals surface area contributed by atoms with Crippen molar-refractivity contribution in [3.63, 3.8) is 0 Å². The fraction of sp³-hybridized carbons (Fsp3) is 0.111. The lowest BCUT2D eigenvalue weighted by atomic mass is 10.1. The molecule has 0 saturated heterocycles. The van der Waals surface area contributed by atoms with Gasteiger partial charge in [0.2, 0.25) is 5.78 Å². The van der Waals surface area contributed by atoms with Crippen LogP contribution in [0.3, 0.4) is 0 Å². The van der Waals surface area contributed by atoms with Gasteiger partial charge >= 0.3 is 0 Å². The standard InChI is InChI=1S/C27H25N3O3S2/c1-18-4-10-21(11-5-18)28-24-16-25(34(32)29-22-12-6-19(2)7-13-22)27(31)26(17-24)35(33)30-23-14-8-20(3)9-15-23/h4-17,29-30H,1-3H3. The van der Waals surface area contributed by atoms with Crippen LogP contribution < -0.4 is 9.44 Å². The third kappa shape index (κ3) is 6.29. The van der Waals surface area contributed by atoms with E-state index in [1.807, 2.05) is 69.3 Å². The lowest BCUT2D eigenvalue weighted by Crippen LogP contribution is -2.25. The Morgan fingerprint density at radius 3 is 1.37 bits per heavy atom. The van der Waals surface area contributed by atoms with Crippen molar-refractivity contribution in [2.75, 3.05) is 9.44 Å². The maximum Gasteiger partial charge on any atom is 0.214 e. The number of hydrogen-bond acceptors (Lipinski definition) is 4. The monoisotopic (exact) mass is 503 g/mol. The summed E-state index contributed by atoms with van der Waals surface area (Å²) in [5.41, 5.74) is 5.47. The minimum Gasteiger partial charge on any atom is -0.301 e. The molecule has 3 aromatic rings. The molecule has 35 heavy (non-hydrogen) atoms. The van der Waals surface area contributed by atoms with Crippen molar-refractivity contribution in [2.45, 2.75) is 20.8 Å². The van der Waals surface area contributed by atoms with Gasteiger partial charge in [0.05, 0.1) is 11.4 Å². The number of hydrogen-bond donors (Lipinski definition) is 2. The maximum absolute atomic E-state index is 13.3. The summed E-state index contributed by atoms with van der Waals surface area (Å²) in [5, 5.41) is 0. The van der Waals surface area contributed by atoms with E-state index in [9.17, 15) is 13.2 Å². The van der Waals surface area contributed by atoms with Crippen molar-refractivity contribution >= 4 is 50.5 Å². The first-order chi connectivity index (χ1) is 16.8. The first kappa shape index (κ1) is 24.5. The second kappa shape index (κ2) is 10.8. The highest BCUT2D eigenvalue weighted by molar-refractivity contribution is 7.93. The molecular weight excluding hydrogens is 478 g/mol.